The number of carbonyl (C=O) groups is 2. The molecule has 6 nitrogen and oxygen atoms in total. The van der Waals surface area contributed by atoms with Gasteiger partial charge in [0.25, 0.3) is 0 Å². The quantitative estimate of drug-likeness (QED) is 0.884. The lowest BCUT2D eigenvalue weighted by molar-refractivity contribution is -0.117. The second-order valence-corrected chi connectivity index (χ2v) is 6.81. The van der Waals surface area contributed by atoms with Crippen LogP contribution >= 0.6 is 11.3 Å². The first-order valence-corrected chi connectivity index (χ1v) is 8.83. The lowest BCUT2D eigenvalue weighted by atomic mass is 10.1. The van der Waals surface area contributed by atoms with E-state index in [1.54, 1.807) is 30.2 Å². The lowest BCUT2D eigenvalue weighted by Gasteiger charge is -2.17. The predicted molar refractivity (Wildman–Crippen MR) is 98.9 cm³/mol. The van der Waals surface area contributed by atoms with Crippen LogP contribution in [0.2, 0.25) is 0 Å². The molecular formula is C18H18N4O2S. The monoisotopic (exact) mass is 354 g/mol. The Kier molecular flexibility index (Phi) is 4.72. The summed E-state index contributed by atoms with van der Waals surface area (Å²) in [6.07, 6.45) is 0.811. The minimum atomic E-state index is -0.461. The molecule has 2 N–H and O–H groups in total. The zero-order valence-electron chi connectivity index (χ0n) is 14.0. The highest BCUT2D eigenvalue weighted by atomic mass is 32.1. The van der Waals surface area contributed by atoms with Crippen LogP contribution in [0.15, 0.2) is 29.6 Å². The van der Waals surface area contributed by atoms with E-state index in [-0.39, 0.29) is 11.8 Å². The zero-order chi connectivity index (χ0) is 18.0. The minimum absolute atomic E-state index is 0.0384. The Labute approximate surface area is 150 Å². The maximum absolute atomic E-state index is 12.3. The number of fused-ring (bicyclic) bond motifs is 1. The molecule has 0 saturated heterocycles. The largest absolute Gasteiger partial charge is 0.374 e. The van der Waals surface area contributed by atoms with Gasteiger partial charge in [-0.25, -0.2) is 0 Å². The molecule has 0 saturated carbocycles. The first kappa shape index (κ1) is 17.0. The van der Waals surface area contributed by atoms with Crippen molar-refractivity contribution in [2.24, 2.45) is 0 Å². The van der Waals surface area contributed by atoms with E-state index in [4.69, 9.17) is 5.26 Å². The average molecular weight is 354 g/mol. The fourth-order valence-corrected chi connectivity index (χ4v) is 3.59. The van der Waals surface area contributed by atoms with Crippen LogP contribution < -0.4 is 15.5 Å². The first-order valence-electron chi connectivity index (χ1n) is 7.95. The number of rotatable bonds is 4. The molecule has 1 aromatic heterocycles. The van der Waals surface area contributed by atoms with Crippen LogP contribution in [-0.2, 0) is 16.0 Å². The molecule has 1 aliphatic rings. The van der Waals surface area contributed by atoms with E-state index in [1.165, 1.54) is 11.3 Å². The van der Waals surface area contributed by atoms with Crippen LogP contribution in [-0.4, -0.2) is 24.4 Å². The van der Waals surface area contributed by atoms with Crippen molar-refractivity contribution in [3.63, 3.8) is 0 Å². The topological polar surface area (TPSA) is 85.2 Å². The third-order valence-electron chi connectivity index (χ3n) is 4.15. The van der Waals surface area contributed by atoms with Crippen molar-refractivity contribution in [2.75, 3.05) is 22.1 Å². The molecule has 1 atom stereocenters. The van der Waals surface area contributed by atoms with Crippen molar-refractivity contribution in [3.05, 3.63) is 40.8 Å². The van der Waals surface area contributed by atoms with Gasteiger partial charge in [0, 0.05) is 24.8 Å². The number of benzene rings is 1. The molecule has 0 aliphatic carbocycles. The van der Waals surface area contributed by atoms with E-state index >= 15 is 0 Å². The molecule has 0 spiro atoms. The van der Waals surface area contributed by atoms with E-state index in [1.807, 2.05) is 18.2 Å². The smallest absolute Gasteiger partial charge is 0.247 e. The Morgan fingerprint density at radius 1 is 1.36 bits per heavy atom. The van der Waals surface area contributed by atoms with E-state index in [0.717, 1.165) is 23.4 Å². The Morgan fingerprint density at radius 2 is 2.16 bits per heavy atom. The van der Waals surface area contributed by atoms with Gasteiger partial charge in [0.05, 0.1) is 5.56 Å². The molecule has 7 heteroatoms. The fraction of sp³-hybridized carbons (Fsp3) is 0.278. The number of nitrogens with zero attached hydrogens (tertiary/aromatic N) is 2. The van der Waals surface area contributed by atoms with E-state index in [2.05, 4.69) is 16.7 Å². The van der Waals surface area contributed by atoms with Gasteiger partial charge in [-0.2, -0.15) is 5.26 Å². The van der Waals surface area contributed by atoms with Crippen molar-refractivity contribution in [3.8, 4) is 6.07 Å². The SMILES string of the molecule is CC(=O)N1CCc2cc(N[C@@H](C)C(=O)Nc3sccc3C#N)ccc21. The van der Waals surface area contributed by atoms with Gasteiger partial charge in [-0.05, 0) is 48.6 Å². The molecule has 128 valence electrons. The molecule has 0 unspecified atom stereocenters. The van der Waals surface area contributed by atoms with Crippen LogP contribution in [0.1, 0.15) is 25.0 Å². The average Bonchev–Trinajstić information content (AvgIpc) is 3.20. The summed E-state index contributed by atoms with van der Waals surface area (Å²) in [5, 5.41) is 17.3. The maximum Gasteiger partial charge on any atom is 0.247 e. The van der Waals surface area contributed by atoms with Crippen molar-refractivity contribution in [2.45, 2.75) is 26.3 Å². The van der Waals surface area contributed by atoms with Gasteiger partial charge < -0.3 is 15.5 Å². The normalized spacial score (nSPS) is 13.7. The molecule has 0 fully saturated rings. The van der Waals surface area contributed by atoms with Crippen molar-refractivity contribution in [1.29, 1.82) is 5.26 Å². The summed E-state index contributed by atoms with van der Waals surface area (Å²) >= 11 is 1.33. The molecule has 1 aromatic carbocycles. The van der Waals surface area contributed by atoms with E-state index in [0.29, 0.717) is 17.1 Å². The van der Waals surface area contributed by atoms with Crippen LogP contribution in [0, 0.1) is 11.3 Å². The number of nitrogens with one attached hydrogen (secondary N) is 2. The number of nitriles is 1. The predicted octanol–water partition coefficient (Wildman–Crippen LogP) is 2.97. The Bertz CT molecular complexity index is 868. The van der Waals surface area contributed by atoms with Crippen LogP contribution in [0.3, 0.4) is 0 Å². The first-order chi connectivity index (χ1) is 12.0. The second kappa shape index (κ2) is 6.95. The summed E-state index contributed by atoms with van der Waals surface area (Å²) in [7, 11) is 0. The van der Waals surface area contributed by atoms with E-state index in [9.17, 15) is 9.59 Å². The van der Waals surface area contributed by atoms with E-state index < -0.39 is 6.04 Å². The van der Waals surface area contributed by atoms with Gasteiger partial charge in [0.15, 0.2) is 0 Å². The van der Waals surface area contributed by atoms with Crippen LogP contribution in [0.25, 0.3) is 0 Å². The third kappa shape index (κ3) is 3.49. The third-order valence-corrected chi connectivity index (χ3v) is 4.98. The summed E-state index contributed by atoms with van der Waals surface area (Å²) in [4.78, 5) is 25.7. The number of carbonyl (C=O) groups excluding carboxylic acids is 2. The number of anilines is 3. The van der Waals surface area contributed by atoms with Gasteiger partial charge in [-0.1, -0.05) is 0 Å². The molecule has 1 aliphatic heterocycles. The fourth-order valence-electron chi connectivity index (χ4n) is 2.85. The van der Waals surface area contributed by atoms with Gasteiger partial charge in [0.1, 0.15) is 17.1 Å². The zero-order valence-corrected chi connectivity index (χ0v) is 14.8. The van der Waals surface area contributed by atoms with Crippen LogP contribution in [0.5, 0.6) is 0 Å². The standard InChI is InChI=1S/C18H18N4O2S/c1-11(17(24)21-18-14(10-19)6-8-25-18)20-15-3-4-16-13(9-15)5-7-22(16)12(2)23/h3-4,6,8-9,11,20H,5,7H2,1-2H3,(H,21,24)/t11-/m0/s1. The summed E-state index contributed by atoms with van der Waals surface area (Å²) < 4.78 is 0. The highest BCUT2D eigenvalue weighted by Gasteiger charge is 2.23. The highest BCUT2D eigenvalue weighted by Crippen LogP contribution is 2.30. The molecule has 0 radical (unpaired) electrons. The van der Waals surface area contributed by atoms with Crippen molar-refractivity contribution < 1.29 is 9.59 Å². The van der Waals surface area contributed by atoms with Gasteiger partial charge >= 0.3 is 0 Å². The number of amides is 2. The summed E-state index contributed by atoms with van der Waals surface area (Å²) in [5.41, 5.74) is 3.33. The highest BCUT2D eigenvalue weighted by molar-refractivity contribution is 7.14. The van der Waals surface area contributed by atoms with Crippen LogP contribution in [0.4, 0.5) is 16.4 Å². The Hall–Kier alpha value is -2.85. The molecule has 3 rings (SSSR count). The lowest BCUT2D eigenvalue weighted by Crippen LogP contribution is -2.31. The van der Waals surface area contributed by atoms with Gasteiger partial charge in [-0.3, -0.25) is 9.59 Å². The summed E-state index contributed by atoms with van der Waals surface area (Å²) in [6, 6.07) is 9.03. The second-order valence-electron chi connectivity index (χ2n) is 5.89. The number of hydrogen-bond donors (Lipinski definition) is 2. The molecule has 2 heterocycles. The molecule has 2 amide bonds. The van der Waals surface area contributed by atoms with Gasteiger partial charge in [-0.15, -0.1) is 11.3 Å². The summed E-state index contributed by atoms with van der Waals surface area (Å²) in [6.45, 7) is 4.03. The van der Waals surface area contributed by atoms with Gasteiger partial charge in [0.2, 0.25) is 11.8 Å². The molecule has 0 bridgehead atoms. The summed E-state index contributed by atoms with van der Waals surface area (Å²) in [5.74, 6) is -0.165. The Balaban J connectivity index is 1.67. The number of hydrogen-bond acceptors (Lipinski definition) is 5. The minimum Gasteiger partial charge on any atom is -0.374 e. The molecule has 25 heavy (non-hydrogen) atoms. The molecule has 2 aromatic rings. The Morgan fingerprint density at radius 3 is 2.88 bits per heavy atom. The number of thiophene rings is 1. The maximum atomic E-state index is 12.3. The van der Waals surface area contributed by atoms with Crippen molar-refractivity contribution in [1.82, 2.24) is 0 Å². The van der Waals surface area contributed by atoms with Crippen molar-refractivity contribution >= 4 is 39.5 Å². The molecular weight excluding hydrogens is 336 g/mol.